The van der Waals surface area contributed by atoms with Crippen LogP contribution in [-0.2, 0) is 9.59 Å². The van der Waals surface area contributed by atoms with Crippen LogP contribution in [0.15, 0.2) is 0 Å². The number of carbonyl (C=O) groups excluding carboxylic acids is 1. The summed E-state index contributed by atoms with van der Waals surface area (Å²) in [6, 6.07) is -0.214. The highest BCUT2D eigenvalue weighted by Gasteiger charge is 2.42. The second kappa shape index (κ2) is 7.25. The summed E-state index contributed by atoms with van der Waals surface area (Å²) in [7, 11) is 0. The molecule has 2 rings (SSSR count). The van der Waals surface area contributed by atoms with Crippen molar-refractivity contribution in [2.75, 3.05) is 6.54 Å². The highest BCUT2D eigenvalue weighted by Crippen LogP contribution is 2.28. The van der Waals surface area contributed by atoms with Gasteiger partial charge in [0.1, 0.15) is 0 Å². The van der Waals surface area contributed by atoms with E-state index in [2.05, 4.69) is 17.6 Å². The first kappa shape index (κ1) is 16.3. The third-order valence-corrected chi connectivity index (χ3v) is 5.00. The average molecular weight is 296 g/mol. The third kappa shape index (κ3) is 3.76. The number of carboxylic acid groups (broad SMARTS) is 1. The fourth-order valence-corrected chi connectivity index (χ4v) is 3.84. The maximum Gasteiger partial charge on any atom is 0.308 e. The minimum absolute atomic E-state index is 0.0139. The van der Waals surface area contributed by atoms with Crippen molar-refractivity contribution < 1.29 is 14.7 Å². The van der Waals surface area contributed by atoms with Crippen molar-refractivity contribution in [1.29, 1.82) is 0 Å². The average Bonchev–Trinajstić information content (AvgIpc) is 2.79. The first-order chi connectivity index (χ1) is 10.1. The maximum atomic E-state index is 12.7. The Morgan fingerprint density at radius 3 is 2.62 bits per heavy atom. The summed E-state index contributed by atoms with van der Waals surface area (Å²) >= 11 is 0. The van der Waals surface area contributed by atoms with Crippen molar-refractivity contribution in [3.8, 4) is 0 Å². The van der Waals surface area contributed by atoms with E-state index in [1.807, 2.05) is 0 Å². The molecule has 0 aromatic carbocycles. The van der Waals surface area contributed by atoms with Gasteiger partial charge in [-0.2, -0.15) is 0 Å². The van der Waals surface area contributed by atoms with Gasteiger partial charge in [-0.25, -0.2) is 0 Å². The van der Waals surface area contributed by atoms with Gasteiger partial charge in [0.15, 0.2) is 0 Å². The SMILES string of the molecule is CCCC1(C(=O)NC2CCCCCC2C(=O)O)CCCN1. The van der Waals surface area contributed by atoms with Crippen LogP contribution in [0.25, 0.3) is 0 Å². The molecule has 120 valence electrons. The molecule has 21 heavy (non-hydrogen) atoms. The minimum atomic E-state index is -0.772. The third-order valence-electron chi connectivity index (χ3n) is 5.00. The molecule has 2 fully saturated rings. The molecule has 5 heteroatoms. The molecule has 0 radical (unpaired) electrons. The van der Waals surface area contributed by atoms with Gasteiger partial charge in [-0.15, -0.1) is 0 Å². The lowest BCUT2D eigenvalue weighted by molar-refractivity contribution is -0.143. The van der Waals surface area contributed by atoms with Crippen molar-refractivity contribution in [2.45, 2.75) is 76.3 Å². The van der Waals surface area contributed by atoms with Crippen LogP contribution in [0, 0.1) is 5.92 Å². The molecule has 0 bridgehead atoms. The number of carbonyl (C=O) groups is 2. The Hall–Kier alpha value is -1.10. The molecule has 1 aliphatic heterocycles. The number of nitrogens with one attached hydrogen (secondary N) is 2. The Balaban J connectivity index is 2.06. The zero-order valence-electron chi connectivity index (χ0n) is 13.0. The zero-order valence-corrected chi connectivity index (χ0v) is 13.0. The second-order valence-corrected chi connectivity index (χ2v) is 6.53. The number of amides is 1. The van der Waals surface area contributed by atoms with Gasteiger partial charge in [0.2, 0.25) is 5.91 Å². The van der Waals surface area contributed by atoms with Crippen molar-refractivity contribution in [2.24, 2.45) is 5.92 Å². The predicted molar refractivity (Wildman–Crippen MR) is 81.0 cm³/mol. The molecule has 3 atom stereocenters. The quantitative estimate of drug-likeness (QED) is 0.679. The van der Waals surface area contributed by atoms with Gasteiger partial charge in [-0.05, 0) is 38.6 Å². The summed E-state index contributed by atoms with van der Waals surface area (Å²) in [5.74, 6) is -1.19. The summed E-state index contributed by atoms with van der Waals surface area (Å²) in [4.78, 5) is 24.2. The van der Waals surface area contributed by atoms with E-state index in [0.29, 0.717) is 6.42 Å². The maximum absolute atomic E-state index is 12.7. The monoisotopic (exact) mass is 296 g/mol. The van der Waals surface area contributed by atoms with Crippen LogP contribution in [0.3, 0.4) is 0 Å². The Morgan fingerprint density at radius 1 is 1.24 bits per heavy atom. The summed E-state index contributed by atoms with van der Waals surface area (Å²) < 4.78 is 0. The molecule has 1 amide bonds. The topological polar surface area (TPSA) is 78.4 Å². The Bertz CT molecular complexity index is 378. The van der Waals surface area contributed by atoms with Crippen molar-refractivity contribution in [3.05, 3.63) is 0 Å². The molecule has 1 saturated carbocycles. The number of carboxylic acids is 1. The Labute approximate surface area is 126 Å². The molecular formula is C16H28N2O3. The largest absolute Gasteiger partial charge is 0.481 e. The summed E-state index contributed by atoms with van der Waals surface area (Å²) in [5, 5.41) is 15.8. The summed E-state index contributed by atoms with van der Waals surface area (Å²) in [6.07, 6.45) is 8.12. The Morgan fingerprint density at radius 2 is 2.00 bits per heavy atom. The van der Waals surface area contributed by atoms with E-state index in [4.69, 9.17) is 0 Å². The van der Waals surface area contributed by atoms with Crippen molar-refractivity contribution in [3.63, 3.8) is 0 Å². The van der Waals surface area contributed by atoms with E-state index < -0.39 is 17.4 Å². The van der Waals surface area contributed by atoms with E-state index in [9.17, 15) is 14.7 Å². The molecule has 3 unspecified atom stereocenters. The number of aliphatic carboxylic acids is 1. The highest BCUT2D eigenvalue weighted by atomic mass is 16.4. The molecule has 5 nitrogen and oxygen atoms in total. The molecule has 2 aliphatic rings. The lowest BCUT2D eigenvalue weighted by atomic mass is 9.88. The number of rotatable bonds is 5. The van der Waals surface area contributed by atoms with E-state index in [1.165, 1.54) is 0 Å². The number of hydrogen-bond acceptors (Lipinski definition) is 3. The van der Waals surface area contributed by atoms with Crippen molar-refractivity contribution in [1.82, 2.24) is 10.6 Å². The van der Waals surface area contributed by atoms with Crippen LogP contribution in [0.1, 0.15) is 64.7 Å². The van der Waals surface area contributed by atoms with Gasteiger partial charge in [0.25, 0.3) is 0 Å². The van der Waals surface area contributed by atoms with Gasteiger partial charge < -0.3 is 15.7 Å². The molecule has 0 spiro atoms. The lowest BCUT2D eigenvalue weighted by Crippen LogP contribution is -2.57. The highest BCUT2D eigenvalue weighted by molar-refractivity contribution is 5.87. The van der Waals surface area contributed by atoms with E-state index in [-0.39, 0.29) is 11.9 Å². The van der Waals surface area contributed by atoms with Gasteiger partial charge in [0.05, 0.1) is 11.5 Å². The smallest absolute Gasteiger partial charge is 0.308 e. The van der Waals surface area contributed by atoms with E-state index in [0.717, 1.165) is 57.9 Å². The van der Waals surface area contributed by atoms with Crippen LogP contribution in [0.2, 0.25) is 0 Å². The van der Waals surface area contributed by atoms with Crippen LogP contribution < -0.4 is 10.6 Å². The van der Waals surface area contributed by atoms with Crippen LogP contribution in [0.5, 0.6) is 0 Å². The Kier molecular flexibility index (Phi) is 5.62. The molecule has 0 aromatic heterocycles. The molecule has 3 N–H and O–H groups in total. The van der Waals surface area contributed by atoms with Crippen molar-refractivity contribution >= 4 is 11.9 Å². The molecule has 1 heterocycles. The van der Waals surface area contributed by atoms with Crippen LogP contribution in [0.4, 0.5) is 0 Å². The fourth-order valence-electron chi connectivity index (χ4n) is 3.84. The van der Waals surface area contributed by atoms with Gasteiger partial charge >= 0.3 is 5.97 Å². The zero-order chi connectivity index (χ0) is 15.3. The van der Waals surface area contributed by atoms with Crippen LogP contribution in [-0.4, -0.2) is 35.1 Å². The number of hydrogen-bond donors (Lipinski definition) is 3. The van der Waals surface area contributed by atoms with E-state index in [1.54, 1.807) is 0 Å². The summed E-state index contributed by atoms with van der Waals surface area (Å²) in [5.41, 5.74) is -0.468. The summed E-state index contributed by atoms with van der Waals surface area (Å²) in [6.45, 7) is 2.96. The first-order valence-corrected chi connectivity index (χ1v) is 8.38. The van der Waals surface area contributed by atoms with Crippen LogP contribution >= 0.6 is 0 Å². The van der Waals surface area contributed by atoms with E-state index >= 15 is 0 Å². The minimum Gasteiger partial charge on any atom is -0.481 e. The molecule has 1 saturated heterocycles. The predicted octanol–water partition coefficient (Wildman–Crippen LogP) is 2.06. The molecule has 1 aliphatic carbocycles. The normalized spacial score (nSPS) is 33.4. The van der Waals surface area contributed by atoms with Gasteiger partial charge in [-0.1, -0.05) is 32.6 Å². The molecular weight excluding hydrogens is 268 g/mol. The standard InChI is InChI=1S/C16H28N2O3/c1-2-9-16(10-6-11-17-16)15(21)18-13-8-5-3-4-7-12(13)14(19)20/h12-13,17H,2-11H2,1H3,(H,18,21)(H,19,20). The first-order valence-electron chi connectivity index (χ1n) is 8.38. The van der Waals surface area contributed by atoms with Gasteiger partial charge in [-0.3, -0.25) is 9.59 Å². The fraction of sp³-hybridized carbons (Fsp3) is 0.875. The molecule has 0 aromatic rings. The lowest BCUT2D eigenvalue weighted by Gasteiger charge is -2.32. The van der Waals surface area contributed by atoms with Gasteiger partial charge in [0, 0.05) is 6.04 Å². The second-order valence-electron chi connectivity index (χ2n) is 6.53.